The third-order valence-corrected chi connectivity index (χ3v) is 3.49. The molecule has 0 heterocycles. The summed E-state index contributed by atoms with van der Waals surface area (Å²) in [5.74, 6) is 0. The van der Waals surface area contributed by atoms with Crippen molar-refractivity contribution < 1.29 is 48.5 Å². The van der Waals surface area contributed by atoms with Crippen molar-refractivity contribution >= 4 is 7.37 Å². The minimum atomic E-state index is -3.63. The molecule has 15 heavy (non-hydrogen) atoms. The molecule has 0 spiro atoms. The van der Waals surface area contributed by atoms with Crippen molar-refractivity contribution in [3.63, 3.8) is 0 Å². The Morgan fingerprint density at radius 1 is 1.33 bits per heavy atom. The molecule has 0 aromatic carbocycles. The fourth-order valence-electron chi connectivity index (χ4n) is 0.977. The van der Waals surface area contributed by atoms with Crippen molar-refractivity contribution in [2.45, 2.75) is 26.3 Å². The Kier molecular flexibility index (Phi) is 12.6. The second kappa shape index (κ2) is 10.2. The Labute approximate surface area is 113 Å². The van der Waals surface area contributed by atoms with E-state index in [9.17, 15) is 9.46 Å². The van der Waals surface area contributed by atoms with Gasteiger partial charge in [0.15, 0.2) is 6.03 Å². The summed E-state index contributed by atoms with van der Waals surface area (Å²) in [6.45, 7) is 4.46. The third kappa shape index (κ3) is 7.88. The Balaban J connectivity index is 0. The van der Waals surface area contributed by atoms with Crippen LogP contribution in [0.15, 0.2) is 0 Å². The van der Waals surface area contributed by atoms with Crippen molar-refractivity contribution in [2.75, 3.05) is 25.9 Å². The molecule has 0 amide bonds. The minimum Gasteiger partial charge on any atom is -0.796 e. The number of rotatable bonds is 8. The van der Waals surface area contributed by atoms with Crippen LogP contribution in [-0.2, 0) is 14.0 Å². The van der Waals surface area contributed by atoms with Crippen LogP contribution < -0.4 is 40.2 Å². The Morgan fingerprint density at radius 2 is 1.80 bits per heavy atom. The van der Waals surface area contributed by atoms with Gasteiger partial charge < -0.3 is 24.7 Å². The van der Waals surface area contributed by atoms with Gasteiger partial charge in [0.2, 0.25) is 0 Å². The molecule has 1 unspecified atom stereocenters. The van der Waals surface area contributed by atoms with Gasteiger partial charge in [0, 0.05) is 13.2 Å². The van der Waals surface area contributed by atoms with Gasteiger partial charge in [0.25, 0.3) is 0 Å². The first-order valence-electron chi connectivity index (χ1n) is 4.81. The average Bonchev–Trinajstić information content (AvgIpc) is 2.14. The van der Waals surface area contributed by atoms with Crippen molar-refractivity contribution in [3.05, 3.63) is 0 Å². The zero-order valence-electron chi connectivity index (χ0n) is 9.77. The van der Waals surface area contributed by atoms with Crippen molar-refractivity contribution in [1.29, 1.82) is 0 Å². The Bertz CT molecular complexity index is 187. The number of hydrogen-bond acceptors (Lipinski definition) is 5. The van der Waals surface area contributed by atoms with Gasteiger partial charge in [-0.3, -0.25) is 0 Å². The van der Waals surface area contributed by atoms with E-state index in [1.807, 2.05) is 0 Å². The fourth-order valence-corrected chi connectivity index (χ4v) is 2.56. The molecule has 0 aliphatic carbocycles. The van der Waals surface area contributed by atoms with Gasteiger partial charge in [-0.25, -0.2) is 0 Å². The first kappa shape index (κ1) is 18.4. The number of ether oxygens (including phenoxy) is 2. The molecule has 0 aliphatic heterocycles. The van der Waals surface area contributed by atoms with Crippen LogP contribution in [0.2, 0.25) is 0 Å². The predicted molar refractivity (Wildman–Crippen MR) is 53.2 cm³/mol. The second-order valence-electron chi connectivity index (χ2n) is 2.81. The van der Waals surface area contributed by atoms with E-state index in [0.29, 0.717) is 26.2 Å². The molecule has 2 N–H and O–H groups in total. The molecule has 0 aliphatic rings. The second-order valence-corrected chi connectivity index (χ2v) is 5.13. The van der Waals surface area contributed by atoms with Crippen LogP contribution in [0.5, 0.6) is 0 Å². The largest absolute Gasteiger partial charge is 1.00 e. The van der Waals surface area contributed by atoms with Gasteiger partial charge in [-0.1, -0.05) is 0 Å². The zero-order valence-corrected chi connectivity index (χ0v) is 12.7. The molecule has 0 fully saturated rings. The van der Waals surface area contributed by atoms with Gasteiger partial charge in [0.1, 0.15) is 0 Å². The van der Waals surface area contributed by atoms with E-state index < -0.39 is 13.4 Å². The van der Waals surface area contributed by atoms with E-state index in [-0.39, 0.29) is 35.7 Å². The molecular formula is C8H19NNaO4P. The summed E-state index contributed by atoms with van der Waals surface area (Å²) >= 11 is 0. The van der Waals surface area contributed by atoms with E-state index in [1.54, 1.807) is 13.8 Å². The van der Waals surface area contributed by atoms with Crippen molar-refractivity contribution in [3.8, 4) is 0 Å². The molecule has 0 saturated carbocycles. The topological polar surface area (TPSA) is 84.6 Å². The minimum absolute atomic E-state index is 0. The summed E-state index contributed by atoms with van der Waals surface area (Å²) in [4.78, 5) is 11.6. The Morgan fingerprint density at radius 3 is 2.13 bits per heavy atom. The van der Waals surface area contributed by atoms with Crippen LogP contribution in [0.1, 0.15) is 20.3 Å². The Hall–Kier alpha value is 1.07. The quantitative estimate of drug-likeness (QED) is 0.287. The molecular weight excluding hydrogens is 228 g/mol. The van der Waals surface area contributed by atoms with E-state index in [0.717, 1.165) is 0 Å². The summed E-state index contributed by atoms with van der Waals surface area (Å²) in [5.41, 5.74) is 5.24. The van der Waals surface area contributed by atoms with Crippen molar-refractivity contribution in [2.24, 2.45) is 5.73 Å². The van der Waals surface area contributed by atoms with Gasteiger partial charge >= 0.3 is 29.6 Å². The predicted octanol–water partition coefficient (Wildman–Crippen LogP) is -2.67. The standard InChI is InChI=1S/C8H20NO4P.Na/c1-3-12-8(13-4-2)14(10,11)7-5-6-9;/h8H,3-7,9H2,1-2H3,(H,10,11);/q;+1/p-1. The normalized spacial score (nSPS) is 14.7. The first-order chi connectivity index (χ1) is 6.58. The molecule has 7 heteroatoms. The molecule has 0 radical (unpaired) electrons. The molecule has 0 aromatic heterocycles. The van der Waals surface area contributed by atoms with E-state index in [1.165, 1.54) is 0 Å². The third-order valence-electron chi connectivity index (χ3n) is 1.61. The monoisotopic (exact) mass is 247 g/mol. The van der Waals surface area contributed by atoms with E-state index >= 15 is 0 Å². The number of nitrogens with two attached hydrogens (primary N) is 1. The molecule has 0 aromatic rings. The molecule has 1 atom stereocenters. The van der Waals surface area contributed by atoms with Crippen LogP contribution in [0.3, 0.4) is 0 Å². The molecule has 0 saturated heterocycles. The zero-order chi connectivity index (χ0) is 11.0. The maximum atomic E-state index is 11.6. The molecule has 5 nitrogen and oxygen atoms in total. The van der Waals surface area contributed by atoms with Crippen LogP contribution in [0.4, 0.5) is 0 Å². The summed E-state index contributed by atoms with van der Waals surface area (Å²) in [6, 6.07) is -1.11. The van der Waals surface area contributed by atoms with Crippen molar-refractivity contribution in [1.82, 2.24) is 0 Å². The summed E-state index contributed by atoms with van der Waals surface area (Å²) in [6.07, 6.45) is 0.478. The summed E-state index contributed by atoms with van der Waals surface area (Å²) in [5, 5.41) is 0. The molecule has 0 bridgehead atoms. The maximum absolute atomic E-state index is 11.6. The number of hydrogen-bond donors (Lipinski definition) is 1. The smallest absolute Gasteiger partial charge is 0.796 e. The van der Waals surface area contributed by atoms with Gasteiger partial charge in [-0.05, 0) is 33.0 Å². The van der Waals surface area contributed by atoms with E-state index in [4.69, 9.17) is 15.2 Å². The summed E-state index contributed by atoms with van der Waals surface area (Å²) < 4.78 is 21.6. The van der Waals surface area contributed by atoms with Gasteiger partial charge in [-0.15, -0.1) is 0 Å². The first-order valence-corrected chi connectivity index (χ1v) is 6.69. The van der Waals surface area contributed by atoms with Crippen LogP contribution in [0.25, 0.3) is 0 Å². The molecule has 86 valence electrons. The van der Waals surface area contributed by atoms with Gasteiger partial charge in [0.05, 0.1) is 7.37 Å². The summed E-state index contributed by atoms with van der Waals surface area (Å²) in [7, 11) is -3.63. The SMILES string of the molecule is CCOC(OCC)P(=O)([O-])CCCN.[Na+]. The van der Waals surface area contributed by atoms with Crippen LogP contribution in [0, 0.1) is 0 Å². The fraction of sp³-hybridized carbons (Fsp3) is 1.00. The average molecular weight is 247 g/mol. The van der Waals surface area contributed by atoms with Crippen LogP contribution >= 0.6 is 7.37 Å². The maximum Gasteiger partial charge on any atom is 1.00 e. The van der Waals surface area contributed by atoms with Gasteiger partial charge in [-0.2, -0.15) is 0 Å². The van der Waals surface area contributed by atoms with Crippen LogP contribution in [-0.4, -0.2) is 32.0 Å². The van der Waals surface area contributed by atoms with E-state index in [2.05, 4.69) is 0 Å². The molecule has 0 rings (SSSR count).